The van der Waals surface area contributed by atoms with E-state index in [1.54, 1.807) is 6.20 Å². The van der Waals surface area contributed by atoms with Crippen molar-refractivity contribution in [3.8, 4) is 0 Å². The molecule has 1 saturated heterocycles. The Kier molecular flexibility index (Phi) is 3.87. The van der Waals surface area contributed by atoms with Crippen molar-refractivity contribution in [2.45, 2.75) is 25.3 Å². The number of likely N-dealkylation sites (N-methyl/N-ethyl adjacent to an activating group) is 1. The molecule has 1 aromatic rings. The second-order valence-corrected chi connectivity index (χ2v) is 5.74. The third kappa shape index (κ3) is 2.63. The molecule has 3 rings (SSSR count). The largest absolute Gasteiger partial charge is 0.347 e. The van der Waals surface area contributed by atoms with E-state index >= 15 is 0 Å². The monoisotopic (exact) mass is 274 g/mol. The number of nitrogens with zero attached hydrogens (tertiary/aromatic N) is 3. The molecule has 1 aromatic heterocycles. The predicted octanol–water partition coefficient (Wildman–Crippen LogP) is 1.58. The highest BCUT2D eigenvalue weighted by atomic mass is 16.2. The minimum absolute atomic E-state index is 0.181. The number of carbonyl (C=O) groups is 1. The van der Waals surface area contributed by atoms with Crippen molar-refractivity contribution in [1.29, 1.82) is 0 Å². The van der Waals surface area contributed by atoms with Crippen molar-refractivity contribution < 1.29 is 4.79 Å². The number of carbonyl (C=O) groups excluding carboxylic acids is 1. The maximum absolute atomic E-state index is 12.6. The number of hydrogen-bond donors (Lipinski definition) is 1. The fraction of sp³-hybridized carbons (Fsp3) is 0.600. The third-order valence-corrected chi connectivity index (χ3v) is 4.41. The summed E-state index contributed by atoms with van der Waals surface area (Å²) in [5.74, 6) is 1.45. The van der Waals surface area contributed by atoms with Crippen molar-refractivity contribution in [3.05, 3.63) is 30.4 Å². The van der Waals surface area contributed by atoms with E-state index < -0.39 is 0 Å². The molecular weight excluding hydrogens is 252 g/mol. The zero-order chi connectivity index (χ0) is 13.9. The lowest BCUT2D eigenvalue weighted by atomic mass is 9.92. The number of rotatable bonds is 2. The molecule has 1 fully saturated rings. The molecule has 0 spiro atoms. The fourth-order valence-corrected chi connectivity index (χ4v) is 3.10. The van der Waals surface area contributed by atoms with Gasteiger partial charge in [0.2, 0.25) is 5.91 Å². The molecule has 0 aromatic carbocycles. The Morgan fingerprint density at radius 3 is 3.00 bits per heavy atom. The number of amides is 1. The first-order valence-electron chi connectivity index (χ1n) is 7.39. The van der Waals surface area contributed by atoms with Crippen LogP contribution in [-0.2, 0) is 4.79 Å². The molecule has 1 N–H and O–H groups in total. The van der Waals surface area contributed by atoms with Gasteiger partial charge in [-0.2, -0.15) is 0 Å². The van der Waals surface area contributed by atoms with Crippen molar-refractivity contribution in [3.63, 3.8) is 0 Å². The van der Waals surface area contributed by atoms with Gasteiger partial charge in [-0.05, 0) is 26.3 Å². The summed E-state index contributed by atoms with van der Waals surface area (Å²) in [7, 11) is 2.10. The van der Waals surface area contributed by atoms with E-state index in [2.05, 4.69) is 34.1 Å². The summed E-state index contributed by atoms with van der Waals surface area (Å²) < 4.78 is 0. The Labute approximate surface area is 119 Å². The van der Waals surface area contributed by atoms with Gasteiger partial charge in [0.15, 0.2) is 0 Å². The maximum atomic E-state index is 12.6. The SMILES string of the molecule is CN1CCN(C(=O)[C@@H]2CC=CCC2)C[C@H]1c1ncc[nH]1. The normalized spacial score (nSPS) is 27.8. The van der Waals surface area contributed by atoms with Gasteiger partial charge >= 0.3 is 0 Å². The molecule has 5 nitrogen and oxygen atoms in total. The number of aromatic nitrogens is 2. The lowest BCUT2D eigenvalue weighted by molar-refractivity contribution is -0.138. The lowest BCUT2D eigenvalue weighted by Gasteiger charge is -2.40. The van der Waals surface area contributed by atoms with Gasteiger partial charge in [0.05, 0.1) is 6.04 Å². The molecule has 1 aliphatic carbocycles. The van der Waals surface area contributed by atoms with Gasteiger partial charge < -0.3 is 9.88 Å². The van der Waals surface area contributed by atoms with E-state index in [1.807, 2.05) is 11.1 Å². The molecule has 0 unspecified atom stereocenters. The number of hydrogen-bond acceptors (Lipinski definition) is 3. The Morgan fingerprint density at radius 1 is 1.40 bits per heavy atom. The predicted molar refractivity (Wildman–Crippen MR) is 77.0 cm³/mol. The molecule has 20 heavy (non-hydrogen) atoms. The average Bonchev–Trinajstić information content (AvgIpc) is 3.02. The van der Waals surface area contributed by atoms with Crippen LogP contribution in [0.15, 0.2) is 24.5 Å². The first kappa shape index (κ1) is 13.4. The minimum atomic E-state index is 0.181. The van der Waals surface area contributed by atoms with Gasteiger partial charge in [0, 0.05) is 37.9 Å². The molecular formula is C15H22N4O. The average molecular weight is 274 g/mol. The molecule has 5 heteroatoms. The second-order valence-electron chi connectivity index (χ2n) is 5.74. The van der Waals surface area contributed by atoms with Crippen LogP contribution in [0.25, 0.3) is 0 Å². The highest BCUT2D eigenvalue weighted by Gasteiger charge is 2.32. The molecule has 2 atom stereocenters. The highest BCUT2D eigenvalue weighted by Crippen LogP contribution is 2.25. The smallest absolute Gasteiger partial charge is 0.226 e. The maximum Gasteiger partial charge on any atom is 0.226 e. The van der Waals surface area contributed by atoms with Gasteiger partial charge in [-0.1, -0.05) is 12.2 Å². The summed E-state index contributed by atoms with van der Waals surface area (Å²) in [5.41, 5.74) is 0. The number of imidazole rings is 1. The standard InChI is InChI=1S/C15H22N4O/c1-18-9-10-19(11-13(18)14-16-7-8-17-14)15(20)12-5-3-2-4-6-12/h2-3,7-8,12-13H,4-6,9-11H2,1H3,(H,16,17)/t12-,13+/m1/s1. The molecule has 1 amide bonds. The molecule has 2 heterocycles. The van der Waals surface area contributed by atoms with Crippen LogP contribution in [0, 0.1) is 5.92 Å². The highest BCUT2D eigenvalue weighted by molar-refractivity contribution is 5.79. The van der Waals surface area contributed by atoms with Crippen LogP contribution >= 0.6 is 0 Å². The summed E-state index contributed by atoms with van der Waals surface area (Å²) in [6.07, 6.45) is 10.9. The summed E-state index contributed by atoms with van der Waals surface area (Å²) >= 11 is 0. The zero-order valence-electron chi connectivity index (χ0n) is 12.0. The van der Waals surface area contributed by atoms with Crippen LogP contribution in [0.4, 0.5) is 0 Å². The van der Waals surface area contributed by atoms with E-state index in [0.29, 0.717) is 5.91 Å². The first-order valence-corrected chi connectivity index (χ1v) is 7.39. The van der Waals surface area contributed by atoms with Crippen LogP contribution in [0.1, 0.15) is 31.1 Å². The summed E-state index contributed by atoms with van der Waals surface area (Å²) in [5, 5.41) is 0. The van der Waals surface area contributed by atoms with Gasteiger partial charge in [-0.15, -0.1) is 0 Å². The zero-order valence-corrected chi connectivity index (χ0v) is 12.0. The van der Waals surface area contributed by atoms with Crippen molar-refractivity contribution >= 4 is 5.91 Å². The van der Waals surface area contributed by atoms with Gasteiger partial charge in [0.25, 0.3) is 0 Å². The van der Waals surface area contributed by atoms with E-state index in [0.717, 1.165) is 44.7 Å². The van der Waals surface area contributed by atoms with Crippen molar-refractivity contribution in [2.75, 3.05) is 26.7 Å². The number of H-pyrrole nitrogens is 1. The van der Waals surface area contributed by atoms with Crippen LogP contribution in [0.2, 0.25) is 0 Å². The van der Waals surface area contributed by atoms with Crippen molar-refractivity contribution in [1.82, 2.24) is 19.8 Å². The molecule has 2 aliphatic rings. The Morgan fingerprint density at radius 2 is 2.30 bits per heavy atom. The summed E-state index contributed by atoms with van der Waals surface area (Å²) in [6, 6.07) is 0.182. The molecule has 1 aliphatic heterocycles. The second kappa shape index (κ2) is 5.79. The van der Waals surface area contributed by atoms with E-state index in [1.165, 1.54) is 0 Å². The van der Waals surface area contributed by atoms with Crippen molar-refractivity contribution in [2.24, 2.45) is 5.92 Å². The van der Waals surface area contributed by atoms with E-state index in [9.17, 15) is 4.79 Å². The van der Waals surface area contributed by atoms with Crippen LogP contribution in [0.3, 0.4) is 0 Å². The van der Waals surface area contributed by atoms with Crippen LogP contribution < -0.4 is 0 Å². The summed E-state index contributed by atoms with van der Waals surface area (Å²) in [4.78, 5) is 24.4. The topological polar surface area (TPSA) is 52.2 Å². The van der Waals surface area contributed by atoms with Crippen LogP contribution in [-0.4, -0.2) is 52.4 Å². The Hall–Kier alpha value is -1.62. The number of allylic oxidation sites excluding steroid dienone is 2. The van der Waals surface area contributed by atoms with E-state index in [-0.39, 0.29) is 12.0 Å². The number of piperazine rings is 1. The molecule has 0 bridgehead atoms. The Balaban J connectivity index is 1.68. The third-order valence-electron chi connectivity index (χ3n) is 4.41. The lowest BCUT2D eigenvalue weighted by Crippen LogP contribution is -2.51. The van der Waals surface area contributed by atoms with Crippen LogP contribution in [0.5, 0.6) is 0 Å². The quantitative estimate of drug-likeness (QED) is 0.833. The molecule has 108 valence electrons. The first-order chi connectivity index (χ1) is 9.75. The fourth-order valence-electron chi connectivity index (χ4n) is 3.10. The van der Waals surface area contributed by atoms with Gasteiger partial charge in [0.1, 0.15) is 5.82 Å². The van der Waals surface area contributed by atoms with Gasteiger partial charge in [-0.3, -0.25) is 9.69 Å². The number of aromatic amines is 1. The molecule has 0 saturated carbocycles. The molecule has 0 radical (unpaired) electrons. The van der Waals surface area contributed by atoms with E-state index in [4.69, 9.17) is 0 Å². The summed E-state index contributed by atoms with van der Waals surface area (Å²) in [6.45, 7) is 2.47. The van der Waals surface area contributed by atoms with Gasteiger partial charge in [-0.25, -0.2) is 4.98 Å². The minimum Gasteiger partial charge on any atom is -0.347 e. The Bertz CT molecular complexity index is 482. The number of nitrogens with one attached hydrogen (secondary N) is 1.